The van der Waals surface area contributed by atoms with E-state index in [1.165, 1.54) is 17.0 Å². The first-order valence-electron chi connectivity index (χ1n) is 12.2. The van der Waals surface area contributed by atoms with Crippen LogP contribution < -0.4 is 10.6 Å². The van der Waals surface area contributed by atoms with Gasteiger partial charge >= 0.3 is 0 Å². The highest BCUT2D eigenvalue weighted by molar-refractivity contribution is 6.10. The number of anilines is 1. The number of nitrogens with zero attached hydrogens (tertiary/aromatic N) is 2. The van der Waals surface area contributed by atoms with Gasteiger partial charge in [-0.2, -0.15) is 0 Å². The SMILES string of the molecule is CCCN(CCC)C(=O)c1cc(C)cc(NC(=O)CC2(C)NC(=N)N(Cc3cccc(O)c3)C2=O)c1. The molecule has 1 aliphatic rings. The quantitative estimate of drug-likeness (QED) is 0.402. The molecule has 1 saturated heterocycles. The molecule has 0 bridgehead atoms. The summed E-state index contributed by atoms with van der Waals surface area (Å²) in [6.07, 6.45) is 1.52. The molecule has 0 spiro atoms. The largest absolute Gasteiger partial charge is 0.508 e. The van der Waals surface area contributed by atoms with Gasteiger partial charge in [-0.05, 0) is 68.1 Å². The molecule has 2 aromatic carbocycles. The predicted molar refractivity (Wildman–Crippen MR) is 139 cm³/mol. The van der Waals surface area contributed by atoms with E-state index in [0.29, 0.717) is 29.9 Å². The summed E-state index contributed by atoms with van der Waals surface area (Å²) in [5.74, 6) is -0.916. The van der Waals surface area contributed by atoms with Crippen molar-refractivity contribution in [3.63, 3.8) is 0 Å². The molecule has 1 atom stereocenters. The molecule has 192 valence electrons. The van der Waals surface area contributed by atoms with E-state index < -0.39 is 17.4 Å². The van der Waals surface area contributed by atoms with Crippen LogP contribution in [0, 0.1) is 12.3 Å². The van der Waals surface area contributed by atoms with Crippen LogP contribution in [0.3, 0.4) is 0 Å². The fourth-order valence-corrected chi connectivity index (χ4v) is 4.43. The van der Waals surface area contributed by atoms with Gasteiger partial charge in [0.25, 0.3) is 11.8 Å². The lowest BCUT2D eigenvalue weighted by atomic mass is 9.97. The van der Waals surface area contributed by atoms with Gasteiger partial charge < -0.3 is 20.6 Å². The Balaban J connectivity index is 1.71. The van der Waals surface area contributed by atoms with Gasteiger partial charge in [0, 0.05) is 24.3 Å². The van der Waals surface area contributed by atoms with E-state index >= 15 is 0 Å². The third kappa shape index (κ3) is 6.21. The first-order valence-corrected chi connectivity index (χ1v) is 12.2. The van der Waals surface area contributed by atoms with Crippen LogP contribution in [-0.4, -0.2) is 57.2 Å². The summed E-state index contributed by atoms with van der Waals surface area (Å²) in [5, 5.41) is 23.6. The highest BCUT2D eigenvalue weighted by Gasteiger charge is 2.47. The van der Waals surface area contributed by atoms with Crippen LogP contribution in [0.25, 0.3) is 0 Å². The summed E-state index contributed by atoms with van der Waals surface area (Å²) in [7, 11) is 0. The molecule has 0 aromatic heterocycles. The van der Waals surface area contributed by atoms with Gasteiger partial charge in [0.15, 0.2) is 5.96 Å². The van der Waals surface area contributed by atoms with E-state index in [2.05, 4.69) is 10.6 Å². The average Bonchev–Trinajstić information content (AvgIpc) is 3.00. The number of aryl methyl sites for hydroxylation is 1. The van der Waals surface area contributed by atoms with E-state index in [9.17, 15) is 19.5 Å². The van der Waals surface area contributed by atoms with E-state index in [4.69, 9.17) is 5.41 Å². The lowest BCUT2D eigenvalue weighted by molar-refractivity contribution is -0.133. The van der Waals surface area contributed by atoms with Gasteiger partial charge in [-0.3, -0.25) is 24.7 Å². The summed E-state index contributed by atoms with van der Waals surface area (Å²) in [5.41, 5.74) is 1.20. The molecule has 2 aromatic rings. The van der Waals surface area contributed by atoms with Crippen molar-refractivity contribution < 1.29 is 19.5 Å². The van der Waals surface area contributed by atoms with Gasteiger partial charge in [0.2, 0.25) is 5.91 Å². The normalized spacial score (nSPS) is 17.2. The van der Waals surface area contributed by atoms with Crippen LogP contribution in [0.15, 0.2) is 42.5 Å². The molecule has 3 rings (SSSR count). The standard InChI is InChI=1S/C27H35N5O4/c1-5-10-31(11-6-2)24(35)20-12-18(3)13-21(15-20)29-23(34)16-27(4)25(36)32(26(28)30-27)17-19-8-7-9-22(33)14-19/h7-9,12-15,33H,5-6,10-11,16-17H2,1-4H3,(H2,28,30)(H,29,34). The number of guanidine groups is 1. The molecule has 36 heavy (non-hydrogen) atoms. The van der Waals surface area contributed by atoms with Gasteiger partial charge in [0.1, 0.15) is 11.3 Å². The summed E-state index contributed by atoms with van der Waals surface area (Å²) in [6.45, 7) is 8.94. The number of hydrogen-bond acceptors (Lipinski definition) is 5. The maximum absolute atomic E-state index is 13.1. The molecular formula is C27H35N5O4. The fraction of sp³-hybridized carbons (Fsp3) is 0.407. The third-order valence-corrected chi connectivity index (χ3v) is 6.03. The van der Waals surface area contributed by atoms with Gasteiger partial charge in [-0.15, -0.1) is 0 Å². The number of hydrogen-bond donors (Lipinski definition) is 4. The van der Waals surface area contributed by atoms with Crippen molar-refractivity contribution in [2.45, 2.75) is 59.0 Å². The Morgan fingerprint density at radius 2 is 1.83 bits per heavy atom. The molecule has 1 unspecified atom stereocenters. The van der Waals surface area contributed by atoms with Crippen LogP contribution in [0.4, 0.5) is 5.69 Å². The van der Waals surface area contributed by atoms with Crippen molar-refractivity contribution in [2.75, 3.05) is 18.4 Å². The van der Waals surface area contributed by atoms with Crippen molar-refractivity contribution in [1.29, 1.82) is 5.41 Å². The first-order chi connectivity index (χ1) is 17.1. The Morgan fingerprint density at radius 1 is 1.14 bits per heavy atom. The van der Waals surface area contributed by atoms with E-state index in [-0.39, 0.29) is 30.6 Å². The molecule has 0 aliphatic carbocycles. The number of aromatic hydroxyl groups is 1. The Bertz CT molecular complexity index is 1160. The zero-order chi connectivity index (χ0) is 26.5. The summed E-state index contributed by atoms with van der Waals surface area (Å²) < 4.78 is 0. The molecule has 9 heteroatoms. The number of carbonyl (C=O) groups is 3. The minimum atomic E-state index is -1.29. The number of phenolic OH excluding ortho intramolecular Hbond substituents is 1. The van der Waals surface area contributed by atoms with Crippen molar-refractivity contribution in [3.05, 3.63) is 59.2 Å². The minimum Gasteiger partial charge on any atom is -0.508 e. The Hall–Kier alpha value is -3.88. The van der Waals surface area contributed by atoms with Crippen LogP contribution in [-0.2, 0) is 16.1 Å². The van der Waals surface area contributed by atoms with Crippen LogP contribution in [0.1, 0.15) is 61.5 Å². The number of nitrogens with one attached hydrogen (secondary N) is 3. The zero-order valence-corrected chi connectivity index (χ0v) is 21.4. The molecule has 1 fully saturated rings. The van der Waals surface area contributed by atoms with E-state index in [1.807, 2.05) is 25.7 Å². The van der Waals surface area contributed by atoms with Gasteiger partial charge in [-0.1, -0.05) is 26.0 Å². The highest BCUT2D eigenvalue weighted by Crippen LogP contribution is 2.25. The zero-order valence-electron chi connectivity index (χ0n) is 21.4. The van der Waals surface area contributed by atoms with Gasteiger partial charge in [0.05, 0.1) is 13.0 Å². The maximum Gasteiger partial charge on any atom is 0.255 e. The molecule has 4 N–H and O–H groups in total. The molecular weight excluding hydrogens is 458 g/mol. The highest BCUT2D eigenvalue weighted by atomic mass is 16.3. The second-order valence-corrected chi connectivity index (χ2v) is 9.47. The monoisotopic (exact) mass is 493 g/mol. The smallest absolute Gasteiger partial charge is 0.255 e. The summed E-state index contributed by atoms with van der Waals surface area (Å²) >= 11 is 0. The fourth-order valence-electron chi connectivity index (χ4n) is 4.43. The average molecular weight is 494 g/mol. The van der Waals surface area contributed by atoms with Crippen LogP contribution in [0.5, 0.6) is 5.75 Å². The molecule has 1 aliphatic heterocycles. The van der Waals surface area contributed by atoms with Crippen molar-refractivity contribution in [3.8, 4) is 5.75 Å². The van der Waals surface area contributed by atoms with Gasteiger partial charge in [-0.25, -0.2) is 0 Å². The van der Waals surface area contributed by atoms with Crippen molar-refractivity contribution in [2.24, 2.45) is 0 Å². The van der Waals surface area contributed by atoms with Crippen molar-refractivity contribution >= 4 is 29.4 Å². The second-order valence-electron chi connectivity index (χ2n) is 9.47. The van der Waals surface area contributed by atoms with Crippen LogP contribution >= 0.6 is 0 Å². The van der Waals surface area contributed by atoms with Crippen molar-refractivity contribution in [1.82, 2.24) is 15.1 Å². The van der Waals surface area contributed by atoms with Crippen LogP contribution in [0.2, 0.25) is 0 Å². The summed E-state index contributed by atoms with van der Waals surface area (Å²) in [4.78, 5) is 42.2. The maximum atomic E-state index is 13.1. The third-order valence-electron chi connectivity index (χ3n) is 6.03. The minimum absolute atomic E-state index is 0.0734. The lowest BCUT2D eigenvalue weighted by Gasteiger charge is -2.23. The number of rotatable bonds is 10. The topological polar surface area (TPSA) is 126 Å². The molecule has 9 nitrogen and oxygen atoms in total. The molecule has 0 saturated carbocycles. The molecule has 1 heterocycles. The number of phenols is 1. The predicted octanol–water partition coefficient (Wildman–Crippen LogP) is 3.62. The number of amides is 3. The van der Waals surface area contributed by atoms with E-state index in [0.717, 1.165) is 18.4 Å². The Kier molecular flexibility index (Phi) is 8.34. The number of benzene rings is 2. The Labute approximate surface area is 212 Å². The summed E-state index contributed by atoms with van der Waals surface area (Å²) in [6, 6.07) is 11.7. The number of carbonyl (C=O) groups excluding carboxylic acids is 3. The first kappa shape index (κ1) is 26.7. The van der Waals surface area contributed by atoms with E-state index in [1.54, 1.807) is 37.3 Å². The second kappa shape index (κ2) is 11.2. The Morgan fingerprint density at radius 3 is 2.47 bits per heavy atom. The molecule has 0 radical (unpaired) electrons. The lowest BCUT2D eigenvalue weighted by Crippen LogP contribution is -2.46. The molecule has 3 amide bonds.